The van der Waals surface area contributed by atoms with Crippen LogP contribution in [0, 0.1) is 11.6 Å². The number of hydrogen-bond donors (Lipinski definition) is 3. The van der Waals surface area contributed by atoms with Crippen LogP contribution in [0.3, 0.4) is 0 Å². The van der Waals surface area contributed by atoms with Gasteiger partial charge in [-0.1, -0.05) is 0 Å². The first-order chi connectivity index (χ1) is 9.81. The molecule has 126 valence electrons. The van der Waals surface area contributed by atoms with Crippen LogP contribution in [-0.4, -0.2) is 31.6 Å². The Bertz CT molecular complexity index is 487. The summed E-state index contributed by atoms with van der Waals surface area (Å²) in [5, 5.41) is 9.40. The van der Waals surface area contributed by atoms with Crippen LogP contribution >= 0.6 is 24.0 Å². The normalized spacial score (nSPS) is 11.8. The van der Waals surface area contributed by atoms with Gasteiger partial charge in [-0.15, -0.1) is 24.0 Å². The fraction of sp³-hybridized carbons (Fsp3) is 0.533. The van der Waals surface area contributed by atoms with E-state index in [0.29, 0.717) is 12.5 Å². The molecular weight excluding hydrogens is 401 g/mol. The molecule has 0 spiro atoms. The molecule has 3 N–H and O–H groups in total. The molecule has 22 heavy (non-hydrogen) atoms. The largest absolute Gasteiger partial charge is 0.355 e. The van der Waals surface area contributed by atoms with Crippen molar-refractivity contribution in [1.82, 2.24) is 16.0 Å². The summed E-state index contributed by atoms with van der Waals surface area (Å²) in [4.78, 5) is 4.04. The second kappa shape index (κ2) is 9.94. The number of aliphatic imine (C=N–C) groups is 1. The summed E-state index contributed by atoms with van der Waals surface area (Å²) >= 11 is 0. The highest BCUT2D eigenvalue weighted by atomic mass is 127. The maximum absolute atomic E-state index is 13.5. The first-order valence-corrected chi connectivity index (χ1v) is 6.95. The van der Waals surface area contributed by atoms with Crippen molar-refractivity contribution in [2.75, 3.05) is 20.1 Å². The number of guanidine groups is 1. The van der Waals surface area contributed by atoms with Gasteiger partial charge in [0.2, 0.25) is 0 Å². The monoisotopic (exact) mass is 426 g/mol. The van der Waals surface area contributed by atoms with Crippen molar-refractivity contribution in [3.05, 3.63) is 35.4 Å². The second-order valence-electron chi connectivity index (χ2n) is 5.77. The smallest absolute Gasteiger partial charge is 0.191 e. The number of rotatable bonds is 5. The highest BCUT2D eigenvalue weighted by Gasteiger charge is 2.08. The van der Waals surface area contributed by atoms with E-state index in [-0.39, 0.29) is 41.6 Å². The van der Waals surface area contributed by atoms with Crippen molar-refractivity contribution in [3.63, 3.8) is 0 Å². The molecule has 0 heterocycles. The van der Waals surface area contributed by atoms with Gasteiger partial charge in [0.25, 0.3) is 0 Å². The molecule has 0 aromatic heterocycles. The van der Waals surface area contributed by atoms with Crippen LogP contribution < -0.4 is 16.0 Å². The average molecular weight is 426 g/mol. The van der Waals surface area contributed by atoms with Gasteiger partial charge in [0.1, 0.15) is 11.6 Å². The predicted molar refractivity (Wildman–Crippen MR) is 97.7 cm³/mol. The summed E-state index contributed by atoms with van der Waals surface area (Å²) in [6.07, 6.45) is 0. The first kappa shape index (κ1) is 21.0. The zero-order valence-corrected chi connectivity index (χ0v) is 15.8. The Kier molecular flexibility index (Phi) is 9.50. The standard InChI is InChI=1S/C15H24F2N4.HI/c1-15(2,3)21-8-7-19-14(18-4)20-10-11-9-12(16)5-6-13(11)17;/h5-6,9,21H,7-8,10H2,1-4H3,(H2,18,19,20);1H. The van der Waals surface area contributed by atoms with Crippen molar-refractivity contribution in [1.29, 1.82) is 0 Å². The van der Waals surface area contributed by atoms with E-state index in [9.17, 15) is 8.78 Å². The Hall–Kier alpha value is -0.960. The predicted octanol–water partition coefficient (Wildman–Crippen LogP) is 2.64. The minimum absolute atomic E-state index is 0. The SMILES string of the molecule is CN=C(NCCNC(C)(C)C)NCc1cc(F)ccc1F.I. The summed E-state index contributed by atoms with van der Waals surface area (Å²) in [5.74, 6) is -0.339. The molecule has 0 unspecified atom stereocenters. The zero-order valence-electron chi connectivity index (χ0n) is 13.5. The Balaban J connectivity index is 0.00000441. The van der Waals surface area contributed by atoms with E-state index in [1.807, 2.05) is 0 Å². The van der Waals surface area contributed by atoms with Gasteiger partial charge in [-0.2, -0.15) is 0 Å². The van der Waals surface area contributed by atoms with Crippen molar-refractivity contribution < 1.29 is 8.78 Å². The number of hydrogen-bond acceptors (Lipinski definition) is 2. The quantitative estimate of drug-likeness (QED) is 0.294. The van der Waals surface area contributed by atoms with Crippen molar-refractivity contribution in [2.45, 2.75) is 32.9 Å². The first-order valence-electron chi connectivity index (χ1n) is 6.95. The van der Waals surface area contributed by atoms with E-state index < -0.39 is 11.6 Å². The summed E-state index contributed by atoms with van der Waals surface area (Å²) < 4.78 is 26.5. The third kappa shape index (κ3) is 8.47. The molecule has 0 aliphatic heterocycles. The van der Waals surface area contributed by atoms with Crippen molar-refractivity contribution in [3.8, 4) is 0 Å². The molecule has 0 amide bonds. The lowest BCUT2D eigenvalue weighted by atomic mass is 10.1. The van der Waals surface area contributed by atoms with Crippen LogP contribution in [0.4, 0.5) is 8.78 Å². The second-order valence-corrected chi connectivity index (χ2v) is 5.77. The van der Waals surface area contributed by atoms with Crippen LogP contribution in [0.15, 0.2) is 23.2 Å². The average Bonchev–Trinajstić information content (AvgIpc) is 2.40. The Morgan fingerprint density at radius 2 is 1.82 bits per heavy atom. The minimum Gasteiger partial charge on any atom is -0.355 e. The maximum Gasteiger partial charge on any atom is 0.191 e. The number of nitrogens with one attached hydrogen (secondary N) is 3. The third-order valence-electron chi connectivity index (χ3n) is 2.75. The van der Waals surface area contributed by atoms with Crippen molar-refractivity contribution >= 4 is 29.9 Å². The van der Waals surface area contributed by atoms with E-state index in [0.717, 1.165) is 18.7 Å². The fourth-order valence-corrected chi connectivity index (χ4v) is 1.70. The van der Waals surface area contributed by atoms with Crippen LogP contribution in [0.5, 0.6) is 0 Å². The van der Waals surface area contributed by atoms with Crippen LogP contribution in [0.2, 0.25) is 0 Å². The maximum atomic E-state index is 13.5. The van der Waals surface area contributed by atoms with Gasteiger partial charge in [-0.05, 0) is 39.0 Å². The van der Waals surface area contributed by atoms with Gasteiger partial charge >= 0.3 is 0 Å². The molecule has 0 aliphatic carbocycles. The Morgan fingerprint density at radius 1 is 1.14 bits per heavy atom. The Labute approximate surface area is 148 Å². The molecule has 0 saturated carbocycles. The molecule has 0 bridgehead atoms. The lowest BCUT2D eigenvalue weighted by Gasteiger charge is -2.21. The summed E-state index contributed by atoms with van der Waals surface area (Å²) in [6, 6.07) is 3.40. The van der Waals surface area contributed by atoms with E-state index in [1.165, 1.54) is 6.07 Å². The molecule has 7 heteroatoms. The highest BCUT2D eigenvalue weighted by Crippen LogP contribution is 2.08. The number of benzene rings is 1. The van der Waals surface area contributed by atoms with Gasteiger partial charge in [-0.25, -0.2) is 8.78 Å². The molecular formula is C15H25F2IN4. The van der Waals surface area contributed by atoms with E-state index in [2.05, 4.69) is 41.7 Å². The van der Waals surface area contributed by atoms with E-state index >= 15 is 0 Å². The van der Waals surface area contributed by atoms with E-state index in [1.54, 1.807) is 7.05 Å². The molecule has 1 aromatic carbocycles. The van der Waals surface area contributed by atoms with Gasteiger partial charge in [0, 0.05) is 37.8 Å². The fourth-order valence-electron chi connectivity index (χ4n) is 1.70. The Morgan fingerprint density at radius 3 is 2.41 bits per heavy atom. The zero-order chi connectivity index (χ0) is 15.9. The van der Waals surface area contributed by atoms with E-state index in [4.69, 9.17) is 0 Å². The third-order valence-corrected chi connectivity index (χ3v) is 2.75. The van der Waals surface area contributed by atoms with Crippen LogP contribution in [0.1, 0.15) is 26.3 Å². The topological polar surface area (TPSA) is 48.5 Å². The molecule has 0 fully saturated rings. The minimum atomic E-state index is -0.453. The highest BCUT2D eigenvalue weighted by molar-refractivity contribution is 14.0. The number of nitrogens with zero attached hydrogens (tertiary/aromatic N) is 1. The molecule has 0 saturated heterocycles. The number of halogens is 3. The van der Waals surface area contributed by atoms with Gasteiger partial charge < -0.3 is 16.0 Å². The molecule has 4 nitrogen and oxygen atoms in total. The summed E-state index contributed by atoms with van der Waals surface area (Å²) in [7, 11) is 1.63. The van der Waals surface area contributed by atoms with Gasteiger partial charge in [0.05, 0.1) is 0 Å². The molecule has 1 aromatic rings. The van der Waals surface area contributed by atoms with Crippen LogP contribution in [0.25, 0.3) is 0 Å². The molecule has 0 atom stereocenters. The molecule has 0 radical (unpaired) electrons. The van der Waals surface area contributed by atoms with Gasteiger partial charge in [0.15, 0.2) is 5.96 Å². The lowest BCUT2D eigenvalue weighted by molar-refractivity contribution is 0.428. The van der Waals surface area contributed by atoms with Crippen LogP contribution in [-0.2, 0) is 6.54 Å². The summed E-state index contributed by atoms with van der Waals surface area (Å²) in [6.45, 7) is 7.91. The lowest BCUT2D eigenvalue weighted by Crippen LogP contribution is -2.44. The van der Waals surface area contributed by atoms with Gasteiger partial charge in [-0.3, -0.25) is 4.99 Å². The molecule has 1 rings (SSSR count). The summed E-state index contributed by atoms with van der Waals surface area (Å²) in [5.41, 5.74) is 0.328. The molecule has 0 aliphatic rings. The van der Waals surface area contributed by atoms with Crippen molar-refractivity contribution in [2.24, 2.45) is 4.99 Å².